The van der Waals surface area contributed by atoms with E-state index in [1.165, 1.54) is 6.07 Å². The number of carbonyl (C=O) groups is 2. The molecular weight excluding hydrogens is 399 g/mol. The van der Waals surface area contributed by atoms with E-state index >= 15 is 0 Å². The van der Waals surface area contributed by atoms with Gasteiger partial charge in [0.15, 0.2) is 0 Å². The van der Waals surface area contributed by atoms with Crippen LogP contribution < -0.4 is 0 Å². The number of rotatable bonds is 2. The van der Waals surface area contributed by atoms with E-state index < -0.39 is 22.1 Å². The second kappa shape index (κ2) is 5.84. The minimum absolute atomic E-state index is 0.225. The minimum atomic E-state index is -1.50. The molecule has 2 unspecified atom stereocenters. The monoisotopic (exact) mass is 410 g/mol. The van der Waals surface area contributed by atoms with Crippen LogP contribution in [0, 0.1) is 0 Å². The highest BCUT2D eigenvalue weighted by atomic mass is 35.5. The molecule has 28 heavy (non-hydrogen) atoms. The molecule has 0 aliphatic carbocycles. The Hall–Kier alpha value is -2.82. The van der Waals surface area contributed by atoms with Crippen LogP contribution in [0.2, 0.25) is 0 Å². The van der Waals surface area contributed by atoms with Gasteiger partial charge in [0, 0.05) is 22.3 Å². The number of hydrogen-bond acceptors (Lipinski definition) is 4. The van der Waals surface area contributed by atoms with Crippen LogP contribution >= 0.6 is 23.2 Å². The summed E-state index contributed by atoms with van der Waals surface area (Å²) in [6.07, 6.45) is 0. The molecule has 3 aromatic rings. The lowest BCUT2D eigenvalue weighted by Crippen LogP contribution is -2.22. The van der Waals surface area contributed by atoms with E-state index in [0.29, 0.717) is 22.3 Å². The number of fused-ring (bicyclic) bond motifs is 2. The van der Waals surface area contributed by atoms with E-state index in [2.05, 4.69) is 0 Å². The van der Waals surface area contributed by atoms with Crippen molar-refractivity contribution in [3.8, 4) is 0 Å². The number of ether oxygens (including phenoxy) is 2. The van der Waals surface area contributed by atoms with Crippen LogP contribution in [0.3, 0.4) is 0 Å². The maximum Gasteiger partial charge on any atom is 0.340 e. The van der Waals surface area contributed by atoms with Gasteiger partial charge in [0.25, 0.3) is 0 Å². The van der Waals surface area contributed by atoms with Gasteiger partial charge < -0.3 is 9.47 Å². The molecule has 6 heteroatoms. The van der Waals surface area contributed by atoms with E-state index in [-0.39, 0.29) is 11.1 Å². The zero-order valence-corrected chi connectivity index (χ0v) is 15.8. The highest BCUT2D eigenvalue weighted by molar-refractivity contribution is 6.29. The number of carbonyl (C=O) groups excluding carboxylic acids is 2. The van der Waals surface area contributed by atoms with Crippen molar-refractivity contribution in [1.29, 1.82) is 0 Å². The summed E-state index contributed by atoms with van der Waals surface area (Å²) < 4.78 is 11.0. The number of hydrogen-bond donors (Lipinski definition) is 0. The van der Waals surface area contributed by atoms with Crippen LogP contribution in [0.15, 0.2) is 72.8 Å². The van der Waals surface area contributed by atoms with Gasteiger partial charge in [-0.25, -0.2) is 9.59 Å². The predicted octanol–water partition coefficient (Wildman–Crippen LogP) is 4.91. The fourth-order valence-corrected chi connectivity index (χ4v) is 4.38. The lowest BCUT2D eigenvalue weighted by Gasteiger charge is -2.24. The first kappa shape index (κ1) is 17.3. The van der Waals surface area contributed by atoms with Crippen molar-refractivity contribution in [3.63, 3.8) is 0 Å². The third-order valence-corrected chi connectivity index (χ3v) is 6.05. The second-order valence-electron chi connectivity index (χ2n) is 6.64. The molecule has 5 rings (SSSR count). The Morgan fingerprint density at radius 3 is 1.39 bits per heavy atom. The fourth-order valence-electron chi connectivity index (χ4n) is 3.68. The van der Waals surface area contributed by atoms with E-state index in [9.17, 15) is 9.59 Å². The summed E-state index contributed by atoms with van der Waals surface area (Å²) >= 11 is 13.6. The van der Waals surface area contributed by atoms with Crippen LogP contribution in [0.5, 0.6) is 0 Å². The predicted molar refractivity (Wildman–Crippen MR) is 103 cm³/mol. The molecule has 2 aliphatic rings. The van der Waals surface area contributed by atoms with Crippen molar-refractivity contribution >= 4 is 35.1 Å². The molecule has 0 radical (unpaired) electrons. The smallest absolute Gasteiger partial charge is 0.340 e. The zero-order valence-electron chi connectivity index (χ0n) is 14.3. The highest BCUT2D eigenvalue weighted by Crippen LogP contribution is 2.51. The molecule has 2 atom stereocenters. The van der Waals surface area contributed by atoms with Gasteiger partial charge in [-0.2, -0.15) is 0 Å². The first-order chi connectivity index (χ1) is 13.4. The molecule has 0 fully saturated rings. The molecule has 138 valence electrons. The average molecular weight is 411 g/mol. The van der Waals surface area contributed by atoms with Gasteiger partial charge in [0.2, 0.25) is 10.1 Å². The van der Waals surface area contributed by atoms with Gasteiger partial charge in [-0.15, -0.1) is 0 Å². The summed E-state index contributed by atoms with van der Waals surface area (Å²) in [7, 11) is 0. The van der Waals surface area contributed by atoms with E-state index in [1.54, 1.807) is 54.6 Å². The van der Waals surface area contributed by atoms with Gasteiger partial charge in [-0.1, -0.05) is 83.9 Å². The molecule has 0 aromatic heterocycles. The Kier molecular flexibility index (Phi) is 3.60. The number of halogens is 2. The molecule has 0 spiro atoms. The summed E-state index contributed by atoms with van der Waals surface area (Å²) in [4.78, 5) is 25.0. The van der Waals surface area contributed by atoms with Crippen LogP contribution in [-0.2, 0) is 19.6 Å². The summed E-state index contributed by atoms with van der Waals surface area (Å²) in [6, 6.07) is 21.1. The zero-order chi connectivity index (χ0) is 19.5. The summed E-state index contributed by atoms with van der Waals surface area (Å²) in [5.74, 6) is -1.20. The van der Waals surface area contributed by atoms with Crippen molar-refractivity contribution in [3.05, 3.63) is 106 Å². The first-order valence-corrected chi connectivity index (χ1v) is 9.33. The SMILES string of the molecule is O=C1OC(Cl)(c2ccccc2)c2cc3c(cc21)C(=O)OC3(Cl)c1ccccc1. The minimum Gasteiger partial charge on any atom is -0.431 e. The van der Waals surface area contributed by atoms with Crippen molar-refractivity contribution in [2.24, 2.45) is 0 Å². The normalized spacial score (nSPS) is 25.1. The van der Waals surface area contributed by atoms with Gasteiger partial charge in [-0.05, 0) is 12.1 Å². The number of benzene rings is 3. The van der Waals surface area contributed by atoms with E-state index in [4.69, 9.17) is 32.7 Å². The molecule has 0 bridgehead atoms. The van der Waals surface area contributed by atoms with Gasteiger partial charge in [-0.3, -0.25) is 0 Å². The molecule has 0 saturated carbocycles. The third kappa shape index (κ3) is 2.25. The molecule has 2 heterocycles. The molecule has 4 nitrogen and oxygen atoms in total. The molecule has 2 aliphatic heterocycles. The molecule has 0 saturated heterocycles. The second-order valence-corrected chi connectivity index (χ2v) is 7.71. The van der Waals surface area contributed by atoms with E-state index in [1.807, 2.05) is 12.1 Å². The Morgan fingerprint density at radius 2 is 1.00 bits per heavy atom. The maximum atomic E-state index is 12.5. The van der Waals surface area contributed by atoms with Gasteiger partial charge in [0.05, 0.1) is 11.1 Å². The van der Waals surface area contributed by atoms with Crippen LogP contribution in [0.4, 0.5) is 0 Å². The number of esters is 2. The summed E-state index contributed by atoms with van der Waals surface area (Å²) in [6.45, 7) is 0. The van der Waals surface area contributed by atoms with Gasteiger partial charge in [0.1, 0.15) is 0 Å². The Morgan fingerprint density at radius 1 is 0.607 bits per heavy atom. The van der Waals surface area contributed by atoms with Crippen molar-refractivity contribution < 1.29 is 19.1 Å². The Bertz CT molecular complexity index is 1040. The van der Waals surface area contributed by atoms with Crippen LogP contribution in [0.25, 0.3) is 0 Å². The Labute approximate surface area is 170 Å². The largest absolute Gasteiger partial charge is 0.431 e. The van der Waals surface area contributed by atoms with E-state index in [0.717, 1.165) is 0 Å². The van der Waals surface area contributed by atoms with Crippen molar-refractivity contribution in [2.45, 2.75) is 10.1 Å². The van der Waals surface area contributed by atoms with Gasteiger partial charge >= 0.3 is 11.9 Å². The lowest BCUT2D eigenvalue weighted by molar-refractivity contribution is 0.0362. The maximum absolute atomic E-state index is 12.5. The Balaban J connectivity index is 1.75. The highest BCUT2D eigenvalue weighted by Gasteiger charge is 2.52. The number of cyclic esters (lactones) is 2. The first-order valence-electron chi connectivity index (χ1n) is 8.58. The molecule has 0 amide bonds. The average Bonchev–Trinajstić information content (AvgIpc) is 3.14. The summed E-state index contributed by atoms with van der Waals surface area (Å²) in [5.41, 5.74) is 2.53. The third-order valence-electron chi connectivity index (χ3n) is 5.05. The van der Waals surface area contributed by atoms with Crippen LogP contribution in [-0.4, -0.2) is 11.9 Å². The topological polar surface area (TPSA) is 52.6 Å². The quantitative estimate of drug-likeness (QED) is 0.444. The molecule has 3 aromatic carbocycles. The van der Waals surface area contributed by atoms with Crippen molar-refractivity contribution in [2.75, 3.05) is 0 Å². The lowest BCUT2D eigenvalue weighted by atomic mass is 9.90. The standard InChI is InChI=1S/C22H12Cl2O4/c23-21(13-7-3-1-4-8-13)17-12-18-16(11-15(17)19(25)27-21)20(26)28-22(18,24)14-9-5-2-6-10-14/h1-12H. The molecular formula is C22H12Cl2O4. The van der Waals surface area contributed by atoms with Crippen LogP contribution in [0.1, 0.15) is 43.0 Å². The molecule has 0 N–H and O–H groups in total. The van der Waals surface area contributed by atoms with Crippen molar-refractivity contribution in [1.82, 2.24) is 0 Å². The number of alkyl halides is 2. The fraction of sp³-hybridized carbons (Fsp3) is 0.0909. The summed E-state index contributed by atoms with van der Waals surface area (Å²) in [5, 5.41) is -2.99.